The maximum Gasteiger partial charge on any atom is 0.326 e. The van der Waals surface area contributed by atoms with E-state index >= 15 is 0 Å². The number of hydrogen-bond acceptors (Lipinski definition) is 8. The lowest BCUT2D eigenvalue weighted by Crippen LogP contribution is -2.57. The van der Waals surface area contributed by atoms with Crippen molar-refractivity contribution < 1.29 is 33.9 Å². The molecule has 1 aromatic heterocycles. The van der Waals surface area contributed by atoms with E-state index in [4.69, 9.17) is 17.2 Å². The number of likely N-dealkylation sites (tertiary alicyclic amines) is 1. The number of nitrogens with two attached hydrogens (primary N) is 3. The van der Waals surface area contributed by atoms with E-state index < -0.39 is 72.5 Å². The number of carbonyl (C=O) groups is 6. The van der Waals surface area contributed by atoms with Crippen molar-refractivity contribution in [2.24, 2.45) is 17.2 Å². The second-order valence-electron chi connectivity index (χ2n) is 7.88. The number of imidazole rings is 1. The number of rotatable bonds is 12. The zero-order valence-electron chi connectivity index (χ0n) is 18.2. The number of carbonyl (C=O) groups excluding carboxylic acids is 5. The van der Waals surface area contributed by atoms with Crippen molar-refractivity contribution in [1.29, 1.82) is 0 Å². The van der Waals surface area contributed by atoms with Gasteiger partial charge in [0.05, 0.1) is 25.2 Å². The van der Waals surface area contributed by atoms with Crippen LogP contribution < -0.4 is 27.8 Å². The van der Waals surface area contributed by atoms with Crippen LogP contribution in [0.2, 0.25) is 0 Å². The number of nitrogens with one attached hydrogen (secondary N) is 3. The molecule has 1 aliphatic heterocycles. The molecule has 0 radical (unpaired) electrons. The number of aliphatic carboxylic acids is 1. The van der Waals surface area contributed by atoms with Gasteiger partial charge in [0.2, 0.25) is 29.5 Å². The Morgan fingerprint density at radius 3 is 2.35 bits per heavy atom. The van der Waals surface area contributed by atoms with Gasteiger partial charge in [-0.15, -0.1) is 0 Å². The van der Waals surface area contributed by atoms with Gasteiger partial charge in [-0.3, -0.25) is 24.0 Å². The maximum absolute atomic E-state index is 12.9. The summed E-state index contributed by atoms with van der Waals surface area (Å²) in [6.45, 7) is 0.196. The summed E-state index contributed by atoms with van der Waals surface area (Å²) in [7, 11) is 0. The highest BCUT2D eigenvalue weighted by atomic mass is 16.4. The Labute approximate surface area is 193 Å². The first kappa shape index (κ1) is 26.2. The molecule has 4 atom stereocenters. The minimum absolute atomic E-state index is 0.124. The molecule has 0 bridgehead atoms. The lowest BCUT2D eigenvalue weighted by molar-refractivity contribution is -0.143. The Bertz CT molecular complexity index is 935. The topological polar surface area (TPSA) is 257 Å². The van der Waals surface area contributed by atoms with Crippen molar-refractivity contribution in [3.8, 4) is 0 Å². The third-order valence-corrected chi connectivity index (χ3v) is 5.21. The molecule has 1 saturated heterocycles. The molecule has 1 aromatic rings. The third kappa shape index (κ3) is 7.26. The van der Waals surface area contributed by atoms with E-state index in [9.17, 15) is 33.9 Å². The van der Waals surface area contributed by atoms with Crippen molar-refractivity contribution in [1.82, 2.24) is 25.5 Å². The van der Waals surface area contributed by atoms with Gasteiger partial charge < -0.3 is 42.8 Å². The molecule has 0 spiro atoms. The highest BCUT2D eigenvalue weighted by molar-refractivity contribution is 5.96. The molecule has 2 rings (SSSR count). The molecule has 186 valence electrons. The van der Waals surface area contributed by atoms with Crippen molar-refractivity contribution in [2.75, 3.05) is 6.54 Å². The van der Waals surface area contributed by atoms with Crippen molar-refractivity contribution in [3.05, 3.63) is 18.2 Å². The molecule has 0 aliphatic carbocycles. The Morgan fingerprint density at radius 1 is 1.12 bits per heavy atom. The first-order valence-electron chi connectivity index (χ1n) is 10.4. The van der Waals surface area contributed by atoms with Gasteiger partial charge in [0.25, 0.3) is 0 Å². The van der Waals surface area contributed by atoms with Gasteiger partial charge in [-0.05, 0) is 12.8 Å². The third-order valence-electron chi connectivity index (χ3n) is 5.21. The van der Waals surface area contributed by atoms with Gasteiger partial charge in [-0.1, -0.05) is 0 Å². The monoisotopic (exact) mass is 480 g/mol. The quantitative estimate of drug-likeness (QED) is 0.154. The van der Waals surface area contributed by atoms with Gasteiger partial charge in [0, 0.05) is 24.9 Å². The minimum Gasteiger partial charge on any atom is -0.480 e. The number of amides is 5. The summed E-state index contributed by atoms with van der Waals surface area (Å²) < 4.78 is 0. The predicted molar refractivity (Wildman–Crippen MR) is 114 cm³/mol. The normalized spacial score (nSPS) is 17.9. The molecule has 10 N–H and O–H groups in total. The molecule has 4 unspecified atom stereocenters. The number of aromatic nitrogens is 2. The largest absolute Gasteiger partial charge is 0.480 e. The van der Waals surface area contributed by atoms with E-state index in [-0.39, 0.29) is 19.4 Å². The lowest BCUT2D eigenvalue weighted by Gasteiger charge is -2.28. The lowest BCUT2D eigenvalue weighted by atomic mass is 10.1. The number of hydrogen-bond donors (Lipinski definition) is 7. The van der Waals surface area contributed by atoms with Gasteiger partial charge in [0.15, 0.2) is 0 Å². The fourth-order valence-electron chi connectivity index (χ4n) is 3.59. The average molecular weight is 480 g/mol. The van der Waals surface area contributed by atoms with Gasteiger partial charge >= 0.3 is 5.97 Å². The van der Waals surface area contributed by atoms with Crippen LogP contribution in [0.3, 0.4) is 0 Å². The zero-order chi connectivity index (χ0) is 25.4. The highest BCUT2D eigenvalue weighted by Crippen LogP contribution is 2.19. The van der Waals surface area contributed by atoms with Crippen LogP contribution in [-0.4, -0.2) is 86.2 Å². The number of aromatic amines is 1. The van der Waals surface area contributed by atoms with E-state index in [1.165, 1.54) is 17.4 Å². The summed E-state index contributed by atoms with van der Waals surface area (Å²) in [5.41, 5.74) is 16.4. The standard InChI is InChI=1S/C19H28N8O7/c20-10(5-14(21)28)18(32)27-3-1-2-13(27)17(31)25-11(6-15(22)29)16(30)26-12(19(33)34)4-9-7-23-8-24-9/h7-8,10-13H,1-6,20H2,(H2,21,28)(H2,22,29)(H,23,24)(H,25,31)(H,26,30)(H,33,34). The van der Waals surface area contributed by atoms with Crippen molar-refractivity contribution in [3.63, 3.8) is 0 Å². The van der Waals surface area contributed by atoms with Crippen LogP contribution >= 0.6 is 0 Å². The van der Waals surface area contributed by atoms with Gasteiger partial charge in [-0.25, -0.2) is 9.78 Å². The van der Waals surface area contributed by atoms with Crippen LogP contribution in [0.5, 0.6) is 0 Å². The van der Waals surface area contributed by atoms with E-state index in [0.29, 0.717) is 12.1 Å². The number of H-pyrrole nitrogens is 1. The van der Waals surface area contributed by atoms with Gasteiger partial charge in [0.1, 0.15) is 18.1 Å². The Morgan fingerprint density at radius 2 is 1.79 bits per heavy atom. The van der Waals surface area contributed by atoms with E-state index in [0.717, 1.165) is 0 Å². The number of primary amides is 2. The molecule has 15 nitrogen and oxygen atoms in total. The van der Waals surface area contributed by atoms with Crippen LogP contribution in [-0.2, 0) is 35.2 Å². The Hall–Kier alpha value is -4.01. The van der Waals surface area contributed by atoms with Crippen LogP contribution in [0.15, 0.2) is 12.5 Å². The predicted octanol–water partition coefficient (Wildman–Crippen LogP) is -3.92. The molecule has 34 heavy (non-hydrogen) atoms. The smallest absolute Gasteiger partial charge is 0.326 e. The second-order valence-corrected chi connectivity index (χ2v) is 7.88. The Balaban J connectivity index is 2.10. The van der Waals surface area contributed by atoms with Gasteiger partial charge in [-0.2, -0.15) is 0 Å². The molecule has 1 aliphatic rings. The van der Waals surface area contributed by atoms with Crippen LogP contribution in [0, 0.1) is 0 Å². The molecule has 2 heterocycles. The summed E-state index contributed by atoms with van der Waals surface area (Å²) in [5.74, 6) is -5.38. The molecule has 0 aromatic carbocycles. The molecule has 15 heteroatoms. The molecular weight excluding hydrogens is 452 g/mol. The summed E-state index contributed by atoms with van der Waals surface area (Å²) >= 11 is 0. The van der Waals surface area contributed by atoms with Crippen molar-refractivity contribution >= 4 is 35.5 Å². The first-order chi connectivity index (χ1) is 16.0. The van der Waals surface area contributed by atoms with Crippen LogP contribution in [0.4, 0.5) is 0 Å². The summed E-state index contributed by atoms with van der Waals surface area (Å²) in [5, 5.41) is 14.1. The number of nitrogens with zero attached hydrogens (tertiary/aromatic N) is 2. The van der Waals surface area contributed by atoms with E-state index in [1.54, 1.807) is 0 Å². The summed E-state index contributed by atoms with van der Waals surface area (Å²) in [6.07, 6.45) is 2.32. The second kappa shape index (κ2) is 11.7. The van der Waals surface area contributed by atoms with Crippen molar-refractivity contribution in [2.45, 2.75) is 56.3 Å². The minimum atomic E-state index is -1.48. The number of carboxylic acids is 1. The SMILES string of the molecule is NC(=O)CC(N)C(=O)N1CCCC1C(=O)NC(CC(N)=O)C(=O)NC(Cc1cnc[nH]1)C(=O)O. The van der Waals surface area contributed by atoms with E-state index in [1.807, 2.05) is 0 Å². The fourth-order valence-corrected chi connectivity index (χ4v) is 3.59. The number of carboxylic acid groups (broad SMARTS) is 1. The average Bonchev–Trinajstić information content (AvgIpc) is 3.43. The molecule has 0 saturated carbocycles. The fraction of sp³-hybridized carbons (Fsp3) is 0.526. The van der Waals surface area contributed by atoms with Crippen LogP contribution in [0.25, 0.3) is 0 Å². The zero-order valence-corrected chi connectivity index (χ0v) is 18.2. The van der Waals surface area contributed by atoms with Crippen LogP contribution in [0.1, 0.15) is 31.4 Å². The maximum atomic E-state index is 12.9. The Kier molecular flexibility index (Phi) is 9.06. The molecule has 1 fully saturated rings. The first-order valence-corrected chi connectivity index (χ1v) is 10.4. The summed E-state index contributed by atoms with van der Waals surface area (Å²) in [4.78, 5) is 80.0. The highest BCUT2D eigenvalue weighted by Gasteiger charge is 2.38. The summed E-state index contributed by atoms with van der Waals surface area (Å²) in [6, 6.07) is -5.09. The molecular formula is C19H28N8O7. The molecule has 5 amide bonds. The van der Waals surface area contributed by atoms with E-state index in [2.05, 4.69) is 20.6 Å².